The van der Waals surface area contributed by atoms with E-state index in [0.29, 0.717) is 37.4 Å². The van der Waals surface area contributed by atoms with E-state index in [1.807, 2.05) is 48.7 Å². The first kappa shape index (κ1) is 19.9. The summed E-state index contributed by atoms with van der Waals surface area (Å²) < 4.78 is 27.4. The van der Waals surface area contributed by atoms with Gasteiger partial charge in [-0.3, -0.25) is 4.79 Å². The molecule has 1 heterocycles. The van der Waals surface area contributed by atoms with Crippen molar-refractivity contribution in [2.75, 3.05) is 19.3 Å². The fourth-order valence-corrected chi connectivity index (χ4v) is 5.85. The first-order chi connectivity index (χ1) is 13.0. The molecule has 0 aromatic heterocycles. The van der Waals surface area contributed by atoms with Gasteiger partial charge in [0.2, 0.25) is 15.9 Å². The molecule has 2 aromatic carbocycles. The van der Waals surface area contributed by atoms with Gasteiger partial charge in [-0.2, -0.15) is 4.31 Å². The van der Waals surface area contributed by atoms with Crippen LogP contribution in [0.25, 0.3) is 0 Å². The van der Waals surface area contributed by atoms with Crippen LogP contribution in [0.15, 0.2) is 64.4 Å². The maximum Gasteiger partial charge on any atom is 0.244 e. The summed E-state index contributed by atoms with van der Waals surface area (Å²) in [4.78, 5) is 13.5. The molecule has 0 unspecified atom stereocenters. The van der Waals surface area contributed by atoms with Gasteiger partial charge in [0, 0.05) is 30.4 Å². The van der Waals surface area contributed by atoms with Crippen LogP contribution in [0.3, 0.4) is 0 Å². The Labute approximate surface area is 165 Å². The molecule has 27 heavy (non-hydrogen) atoms. The van der Waals surface area contributed by atoms with Crippen molar-refractivity contribution in [1.82, 2.24) is 9.62 Å². The van der Waals surface area contributed by atoms with Crippen molar-refractivity contribution in [2.45, 2.75) is 29.2 Å². The van der Waals surface area contributed by atoms with Gasteiger partial charge in [-0.1, -0.05) is 42.5 Å². The van der Waals surface area contributed by atoms with Crippen LogP contribution in [0.1, 0.15) is 18.4 Å². The number of hydrogen-bond acceptors (Lipinski definition) is 4. The first-order valence-corrected chi connectivity index (χ1v) is 11.6. The lowest BCUT2D eigenvalue weighted by Crippen LogP contribution is -2.43. The molecule has 1 fully saturated rings. The summed E-state index contributed by atoms with van der Waals surface area (Å²) in [6, 6.07) is 16.8. The van der Waals surface area contributed by atoms with E-state index < -0.39 is 10.0 Å². The quantitative estimate of drug-likeness (QED) is 0.751. The van der Waals surface area contributed by atoms with Gasteiger partial charge in [0.25, 0.3) is 0 Å². The summed E-state index contributed by atoms with van der Waals surface area (Å²) in [7, 11) is -3.53. The summed E-state index contributed by atoms with van der Waals surface area (Å²) in [5, 5.41) is 2.96. The highest BCUT2D eigenvalue weighted by Crippen LogP contribution is 2.29. The Hall–Kier alpha value is -1.83. The zero-order chi connectivity index (χ0) is 19.3. The molecule has 0 bridgehead atoms. The van der Waals surface area contributed by atoms with Gasteiger partial charge in [-0.15, -0.1) is 11.8 Å². The Morgan fingerprint density at radius 1 is 1.07 bits per heavy atom. The van der Waals surface area contributed by atoms with Crippen LogP contribution < -0.4 is 5.32 Å². The maximum atomic E-state index is 13.0. The Morgan fingerprint density at radius 3 is 2.37 bits per heavy atom. The number of carbonyl (C=O) groups excluding carboxylic acids is 1. The first-order valence-electron chi connectivity index (χ1n) is 8.97. The average molecular weight is 405 g/mol. The molecular formula is C20H24N2O3S2. The van der Waals surface area contributed by atoms with Crippen LogP contribution in [0.4, 0.5) is 0 Å². The third-order valence-corrected chi connectivity index (χ3v) is 7.70. The number of nitrogens with zero attached hydrogens (tertiary/aromatic N) is 1. The largest absolute Gasteiger partial charge is 0.352 e. The molecule has 1 N–H and O–H groups in total. The van der Waals surface area contributed by atoms with Crippen LogP contribution in [0, 0.1) is 5.92 Å². The number of amides is 1. The van der Waals surface area contributed by atoms with E-state index in [1.165, 1.54) is 16.1 Å². The Bertz CT molecular complexity index is 877. The molecular weight excluding hydrogens is 380 g/mol. The van der Waals surface area contributed by atoms with Crippen LogP contribution in [0.2, 0.25) is 0 Å². The van der Waals surface area contributed by atoms with E-state index in [0.717, 1.165) is 10.5 Å². The second-order valence-corrected chi connectivity index (χ2v) is 9.29. The van der Waals surface area contributed by atoms with Crippen molar-refractivity contribution in [3.8, 4) is 0 Å². The van der Waals surface area contributed by atoms with Crippen molar-refractivity contribution < 1.29 is 13.2 Å². The highest BCUT2D eigenvalue weighted by molar-refractivity contribution is 7.99. The number of sulfonamides is 1. The van der Waals surface area contributed by atoms with Gasteiger partial charge < -0.3 is 5.32 Å². The fraction of sp³-hybridized carbons (Fsp3) is 0.350. The lowest BCUT2D eigenvalue weighted by molar-refractivity contribution is -0.126. The van der Waals surface area contributed by atoms with E-state index in [1.54, 1.807) is 12.1 Å². The summed E-state index contributed by atoms with van der Waals surface area (Å²) in [6.45, 7) is 1.24. The second kappa shape index (κ2) is 8.91. The minimum atomic E-state index is -3.53. The molecule has 144 valence electrons. The minimum absolute atomic E-state index is 0.000384. The fourth-order valence-electron chi connectivity index (χ4n) is 3.26. The summed E-state index contributed by atoms with van der Waals surface area (Å²) >= 11 is 1.43. The molecule has 1 amide bonds. The monoisotopic (exact) mass is 404 g/mol. The van der Waals surface area contributed by atoms with Gasteiger partial charge in [0.05, 0.1) is 4.90 Å². The maximum absolute atomic E-state index is 13.0. The summed E-state index contributed by atoms with van der Waals surface area (Å²) in [5.41, 5.74) is 1.06. The molecule has 0 radical (unpaired) electrons. The number of benzene rings is 2. The standard InChI is InChI=1S/C20H24N2O3S2/c1-26-18-9-5-6-10-19(18)27(24,25)22-13-11-17(12-14-22)20(23)21-15-16-7-3-2-4-8-16/h2-10,17H,11-15H2,1H3,(H,21,23). The lowest BCUT2D eigenvalue weighted by Gasteiger charge is -2.31. The highest BCUT2D eigenvalue weighted by Gasteiger charge is 2.33. The molecule has 0 atom stereocenters. The third kappa shape index (κ3) is 4.72. The average Bonchev–Trinajstić information content (AvgIpc) is 2.72. The molecule has 1 aliphatic rings. The van der Waals surface area contributed by atoms with E-state index in [9.17, 15) is 13.2 Å². The third-order valence-electron chi connectivity index (χ3n) is 4.82. The van der Waals surface area contributed by atoms with Crippen LogP contribution >= 0.6 is 11.8 Å². The van der Waals surface area contributed by atoms with Crippen molar-refractivity contribution in [1.29, 1.82) is 0 Å². The van der Waals surface area contributed by atoms with Gasteiger partial charge in [-0.25, -0.2) is 8.42 Å². The number of nitrogens with one attached hydrogen (secondary N) is 1. The molecule has 0 saturated carbocycles. The molecule has 1 aliphatic heterocycles. The van der Waals surface area contributed by atoms with Crippen LogP contribution in [0.5, 0.6) is 0 Å². The predicted molar refractivity (Wildman–Crippen MR) is 108 cm³/mol. The molecule has 1 saturated heterocycles. The Kier molecular flexibility index (Phi) is 6.57. The van der Waals surface area contributed by atoms with Gasteiger partial charge >= 0.3 is 0 Å². The minimum Gasteiger partial charge on any atom is -0.352 e. The zero-order valence-electron chi connectivity index (χ0n) is 15.3. The van der Waals surface area contributed by atoms with Crippen LogP contribution in [-0.4, -0.2) is 38.0 Å². The van der Waals surface area contributed by atoms with Gasteiger partial charge in [0.1, 0.15) is 0 Å². The van der Waals surface area contributed by atoms with E-state index in [4.69, 9.17) is 0 Å². The second-order valence-electron chi connectivity index (χ2n) is 6.53. The lowest BCUT2D eigenvalue weighted by atomic mass is 9.97. The van der Waals surface area contributed by atoms with E-state index in [2.05, 4.69) is 5.32 Å². The normalized spacial score (nSPS) is 16.2. The van der Waals surface area contributed by atoms with E-state index in [-0.39, 0.29) is 11.8 Å². The Balaban J connectivity index is 1.59. The number of hydrogen-bond donors (Lipinski definition) is 1. The number of carbonyl (C=O) groups is 1. The molecule has 0 aliphatic carbocycles. The van der Waals surface area contributed by atoms with Crippen molar-refractivity contribution >= 4 is 27.7 Å². The van der Waals surface area contributed by atoms with Crippen molar-refractivity contribution in [3.05, 3.63) is 60.2 Å². The smallest absolute Gasteiger partial charge is 0.244 e. The number of piperidine rings is 1. The van der Waals surface area contributed by atoms with Crippen molar-refractivity contribution in [3.63, 3.8) is 0 Å². The Morgan fingerprint density at radius 2 is 1.70 bits per heavy atom. The van der Waals surface area contributed by atoms with Crippen molar-refractivity contribution in [2.24, 2.45) is 5.92 Å². The van der Waals surface area contributed by atoms with Crippen LogP contribution in [-0.2, 0) is 21.4 Å². The predicted octanol–water partition coefficient (Wildman–Crippen LogP) is 3.13. The SMILES string of the molecule is CSc1ccccc1S(=O)(=O)N1CCC(C(=O)NCc2ccccc2)CC1. The van der Waals surface area contributed by atoms with Gasteiger partial charge in [-0.05, 0) is 36.8 Å². The number of thioether (sulfide) groups is 1. The summed E-state index contributed by atoms with van der Waals surface area (Å²) in [6.07, 6.45) is 2.96. The summed E-state index contributed by atoms with van der Waals surface area (Å²) in [5.74, 6) is -0.142. The topological polar surface area (TPSA) is 66.5 Å². The van der Waals surface area contributed by atoms with E-state index >= 15 is 0 Å². The molecule has 5 nitrogen and oxygen atoms in total. The number of rotatable bonds is 6. The van der Waals surface area contributed by atoms with Gasteiger partial charge in [0.15, 0.2) is 0 Å². The highest BCUT2D eigenvalue weighted by atomic mass is 32.2. The molecule has 0 spiro atoms. The molecule has 7 heteroatoms. The molecule has 3 rings (SSSR count). The zero-order valence-corrected chi connectivity index (χ0v) is 16.9. The molecule has 2 aromatic rings.